The molecule has 3 aromatic rings. The number of carbonyl (C=O) groups excluding carboxylic acids is 1. The summed E-state index contributed by atoms with van der Waals surface area (Å²) in [6.45, 7) is 4.36. The highest BCUT2D eigenvalue weighted by Crippen LogP contribution is 2.23. The van der Waals surface area contributed by atoms with Crippen LogP contribution in [0.25, 0.3) is 6.08 Å². The number of esters is 1. The molecule has 0 N–H and O–H groups in total. The first-order chi connectivity index (χ1) is 15.0. The molecule has 0 atom stereocenters. The molecule has 31 heavy (non-hydrogen) atoms. The molecule has 1 aliphatic rings. The van der Waals surface area contributed by atoms with E-state index in [0.29, 0.717) is 23.1 Å². The molecule has 4 rings (SSSR count). The molecule has 5 heteroatoms. The minimum atomic E-state index is -0.499. The summed E-state index contributed by atoms with van der Waals surface area (Å²) in [5, 5.41) is 0. The second kappa shape index (κ2) is 8.96. The summed E-state index contributed by atoms with van der Waals surface area (Å²) in [6, 6.07) is 21.5. The van der Waals surface area contributed by atoms with Crippen LogP contribution in [0.4, 0.5) is 4.39 Å². The summed E-state index contributed by atoms with van der Waals surface area (Å²) in [7, 11) is 0. The molecule has 0 bridgehead atoms. The average molecular weight is 415 g/mol. The van der Waals surface area contributed by atoms with Crippen molar-refractivity contribution in [3.63, 3.8) is 0 Å². The van der Waals surface area contributed by atoms with Crippen molar-refractivity contribution in [2.45, 2.75) is 26.4 Å². The number of aliphatic imine (C=N–C) groups is 1. The number of benzene rings is 3. The second-order valence-electron chi connectivity index (χ2n) is 7.57. The molecule has 0 radical (unpaired) electrons. The molecule has 4 nitrogen and oxygen atoms in total. The number of rotatable bonds is 6. The summed E-state index contributed by atoms with van der Waals surface area (Å²) in [5.74, 6) is 0.472. The van der Waals surface area contributed by atoms with Gasteiger partial charge in [-0.25, -0.2) is 14.2 Å². The number of nitrogens with zero attached hydrogens (tertiary/aromatic N) is 1. The van der Waals surface area contributed by atoms with Crippen LogP contribution in [0.15, 0.2) is 83.5 Å². The van der Waals surface area contributed by atoms with E-state index in [2.05, 4.69) is 18.8 Å². The third-order valence-corrected chi connectivity index (χ3v) is 4.96. The van der Waals surface area contributed by atoms with Crippen LogP contribution in [0.2, 0.25) is 0 Å². The predicted molar refractivity (Wildman–Crippen MR) is 118 cm³/mol. The fraction of sp³-hybridized carbons (Fsp3) is 0.154. The Morgan fingerprint density at radius 1 is 1.03 bits per heavy atom. The van der Waals surface area contributed by atoms with Crippen molar-refractivity contribution in [1.29, 1.82) is 0 Å². The highest BCUT2D eigenvalue weighted by atomic mass is 19.1. The van der Waals surface area contributed by atoms with E-state index >= 15 is 0 Å². The fourth-order valence-corrected chi connectivity index (χ4v) is 3.17. The number of cyclic esters (lactones) is 1. The third-order valence-electron chi connectivity index (χ3n) is 4.96. The van der Waals surface area contributed by atoms with E-state index in [1.165, 1.54) is 11.6 Å². The lowest BCUT2D eigenvalue weighted by molar-refractivity contribution is -0.129. The Labute approximate surface area is 180 Å². The van der Waals surface area contributed by atoms with Gasteiger partial charge < -0.3 is 9.47 Å². The standard InChI is InChI=1S/C26H22FNO3/c1-17(2)19-10-12-20(13-11-19)25-28-24(26(29)31-25)15-18-6-5-8-22(14-18)30-16-21-7-3-4-9-23(21)27/h3-15,17H,16H2,1-2H3/b24-15-. The van der Waals surface area contributed by atoms with Crippen molar-refractivity contribution >= 4 is 17.9 Å². The number of halogens is 1. The van der Waals surface area contributed by atoms with E-state index in [4.69, 9.17) is 9.47 Å². The largest absolute Gasteiger partial charge is 0.489 e. The molecule has 0 saturated carbocycles. The smallest absolute Gasteiger partial charge is 0.363 e. The molecule has 0 aliphatic carbocycles. The van der Waals surface area contributed by atoms with Crippen LogP contribution in [-0.4, -0.2) is 11.9 Å². The number of hydrogen-bond donors (Lipinski definition) is 0. The van der Waals surface area contributed by atoms with E-state index in [1.807, 2.05) is 30.3 Å². The maximum atomic E-state index is 13.8. The Bertz CT molecular complexity index is 1160. The maximum Gasteiger partial charge on any atom is 0.363 e. The van der Waals surface area contributed by atoms with Gasteiger partial charge in [0.1, 0.15) is 18.2 Å². The van der Waals surface area contributed by atoms with Crippen LogP contribution in [0.3, 0.4) is 0 Å². The molecule has 0 spiro atoms. The number of carbonyl (C=O) groups is 1. The first-order valence-electron chi connectivity index (χ1n) is 10.1. The van der Waals surface area contributed by atoms with Gasteiger partial charge in [-0.1, -0.05) is 56.3 Å². The van der Waals surface area contributed by atoms with E-state index in [1.54, 1.807) is 42.5 Å². The van der Waals surface area contributed by atoms with E-state index in [9.17, 15) is 9.18 Å². The van der Waals surface area contributed by atoms with Gasteiger partial charge in [-0.05, 0) is 53.5 Å². The van der Waals surface area contributed by atoms with Crippen molar-refractivity contribution in [3.05, 3.63) is 107 Å². The molecule has 1 aliphatic heterocycles. The SMILES string of the molecule is CC(C)c1ccc(C2=N/C(=C\c3cccc(OCc4ccccc4F)c3)C(=O)O2)cc1. The quantitative estimate of drug-likeness (QED) is 0.374. The summed E-state index contributed by atoms with van der Waals surface area (Å²) in [5.41, 5.74) is 3.38. The molecule has 156 valence electrons. The Balaban J connectivity index is 1.50. The third kappa shape index (κ3) is 4.89. The van der Waals surface area contributed by atoms with Gasteiger partial charge in [0.05, 0.1) is 0 Å². The van der Waals surface area contributed by atoms with Gasteiger partial charge in [-0.15, -0.1) is 0 Å². The fourth-order valence-electron chi connectivity index (χ4n) is 3.17. The van der Waals surface area contributed by atoms with E-state index in [0.717, 1.165) is 11.1 Å². The Morgan fingerprint density at radius 3 is 2.55 bits per heavy atom. The minimum Gasteiger partial charge on any atom is -0.489 e. The lowest BCUT2D eigenvalue weighted by atomic mass is 10.0. The monoisotopic (exact) mass is 415 g/mol. The first kappa shape index (κ1) is 20.5. The van der Waals surface area contributed by atoms with Crippen LogP contribution >= 0.6 is 0 Å². The molecule has 0 aromatic heterocycles. The zero-order chi connectivity index (χ0) is 21.8. The Hall–Kier alpha value is -3.73. The van der Waals surface area contributed by atoms with Crippen molar-refractivity contribution < 1.29 is 18.7 Å². The zero-order valence-corrected chi connectivity index (χ0v) is 17.3. The lowest BCUT2D eigenvalue weighted by Gasteiger charge is -2.07. The summed E-state index contributed by atoms with van der Waals surface area (Å²) < 4.78 is 24.8. The highest BCUT2D eigenvalue weighted by Gasteiger charge is 2.24. The maximum absolute atomic E-state index is 13.8. The van der Waals surface area contributed by atoms with Gasteiger partial charge >= 0.3 is 5.97 Å². The first-order valence-corrected chi connectivity index (χ1v) is 10.1. The summed E-state index contributed by atoms with van der Waals surface area (Å²) >= 11 is 0. The predicted octanol–water partition coefficient (Wildman–Crippen LogP) is 5.87. The van der Waals surface area contributed by atoms with Gasteiger partial charge in [0.25, 0.3) is 0 Å². The average Bonchev–Trinajstić information content (AvgIpc) is 3.13. The highest BCUT2D eigenvalue weighted by molar-refractivity contribution is 6.12. The van der Waals surface area contributed by atoms with Crippen molar-refractivity contribution in [3.8, 4) is 5.75 Å². The van der Waals surface area contributed by atoms with Crippen LogP contribution in [0.1, 0.15) is 42.0 Å². The molecule has 0 fully saturated rings. The van der Waals surface area contributed by atoms with Crippen LogP contribution in [0, 0.1) is 5.82 Å². The van der Waals surface area contributed by atoms with Crippen LogP contribution in [0.5, 0.6) is 5.75 Å². The lowest BCUT2D eigenvalue weighted by Crippen LogP contribution is -2.05. The summed E-state index contributed by atoms with van der Waals surface area (Å²) in [6.07, 6.45) is 1.65. The Morgan fingerprint density at radius 2 is 1.81 bits per heavy atom. The van der Waals surface area contributed by atoms with Crippen LogP contribution < -0.4 is 4.74 Å². The van der Waals surface area contributed by atoms with E-state index in [-0.39, 0.29) is 18.1 Å². The normalized spacial score (nSPS) is 14.6. The van der Waals surface area contributed by atoms with Gasteiger partial charge in [0.2, 0.25) is 5.90 Å². The summed E-state index contributed by atoms with van der Waals surface area (Å²) in [4.78, 5) is 16.7. The van der Waals surface area contributed by atoms with Gasteiger partial charge in [-0.2, -0.15) is 0 Å². The van der Waals surface area contributed by atoms with Gasteiger partial charge in [0, 0.05) is 11.1 Å². The second-order valence-corrected chi connectivity index (χ2v) is 7.57. The molecule has 0 amide bonds. The molecule has 0 unspecified atom stereocenters. The van der Waals surface area contributed by atoms with E-state index < -0.39 is 5.97 Å². The molecular formula is C26H22FNO3. The number of hydrogen-bond acceptors (Lipinski definition) is 4. The van der Waals surface area contributed by atoms with Gasteiger partial charge in [-0.3, -0.25) is 0 Å². The van der Waals surface area contributed by atoms with Crippen molar-refractivity contribution in [2.75, 3.05) is 0 Å². The van der Waals surface area contributed by atoms with Gasteiger partial charge in [0.15, 0.2) is 5.70 Å². The minimum absolute atomic E-state index is 0.114. The topological polar surface area (TPSA) is 47.9 Å². The molecule has 0 saturated heterocycles. The molecule has 3 aromatic carbocycles. The van der Waals surface area contributed by atoms with Crippen molar-refractivity contribution in [2.24, 2.45) is 4.99 Å². The van der Waals surface area contributed by atoms with Crippen molar-refractivity contribution in [1.82, 2.24) is 0 Å². The number of ether oxygens (including phenoxy) is 2. The molecular weight excluding hydrogens is 393 g/mol. The molecule has 1 heterocycles. The Kier molecular flexibility index (Phi) is 5.94. The van der Waals surface area contributed by atoms with Crippen LogP contribution in [-0.2, 0) is 16.1 Å². The zero-order valence-electron chi connectivity index (χ0n) is 17.3.